The van der Waals surface area contributed by atoms with E-state index in [1.54, 1.807) is 18.3 Å². The second-order valence-corrected chi connectivity index (χ2v) is 6.44. The van der Waals surface area contributed by atoms with Crippen LogP contribution in [0.3, 0.4) is 0 Å². The summed E-state index contributed by atoms with van der Waals surface area (Å²) < 4.78 is 13.2. The van der Waals surface area contributed by atoms with Gasteiger partial charge in [-0.25, -0.2) is 4.39 Å². The van der Waals surface area contributed by atoms with Gasteiger partial charge in [-0.05, 0) is 43.9 Å². The summed E-state index contributed by atoms with van der Waals surface area (Å²) in [5.41, 5.74) is 1.89. The van der Waals surface area contributed by atoms with Crippen molar-refractivity contribution in [3.8, 4) is 0 Å². The predicted molar refractivity (Wildman–Crippen MR) is 95.9 cm³/mol. The minimum absolute atomic E-state index is 0.0578. The molecule has 1 aromatic heterocycles. The Hall–Kier alpha value is -2.47. The lowest BCUT2D eigenvalue weighted by Crippen LogP contribution is -2.51. The van der Waals surface area contributed by atoms with E-state index >= 15 is 0 Å². The van der Waals surface area contributed by atoms with Gasteiger partial charge >= 0.3 is 0 Å². The highest BCUT2D eigenvalue weighted by molar-refractivity contribution is 5.83. The number of hydrogen-bond donors (Lipinski definition) is 0. The SMILES string of the molecule is CN(C)[C@H](C(=O)N1CCN(c2cccnc2)CC1)c1ccc(F)cc1. The lowest BCUT2D eigenvalue weighted by atomic mass is 10.0. The Labute approximate surface area is 147 Å². The van der Waals surface area contributed by atoms with E-state index in [4.69, 9.17) is 0 Å². The zero-order valence-corrected chi connectivity index (χ0v) is 14.6. The van der Waals surface area contributed by atoms with Gasteiger partial charge < -0.3 is 9.80 Å². The molecule has 2 heterocycles. The van der Waals surface area contributed by atoms with Gasteiger partial charge in [-0.3, -0.25) is 14.7 Å². The number of hydrogen-bond acceptors (Lipinski definition) is 4. The van der Waals surface area contributed by atoms with E-state index in [1.807, 2.05) is 42.2 Å². The molecule has 1 aliphatic heterocycles. The largest absolute Gasteiger partial charge is 0.367 e. The van der Waals surface area contributed by atoms with Gasteiger partial charge in [-0.15, -0.1) is 0 Å². The van der Waals surface area contributed by atoms with Crippen molar-refractivity contribution in [3.05, 3.63) is 60.2 Å². The van der Waals surface area contributed by atoms with Crippen molar-refractivity contribution in [3.63, 3.8) is 0 Å². The predicted octanol–water partition coefficient (Wildman–Crippen LogP) is 2.17. The van der Waals surface area contributed by atoms with Crippen LogP contribution in [0.2, 0.25) is 0 Å². The average molecular weight is 342 g/mol. The number of piperazine rings is 1. The highest BCUT2D eigenvalue weighted by Crippen LogP contribution is 2.23. The van der Waals surface area contributed by atoms with Gasteiger partial charge in [0.25, 0.3) is 0 Å². The number of amides is 1. The van der Waals surface area contributed by atoms with Crippen molar-refractivity contribution in [2.24, 2.45) is 0 Å². The first-order chi connectivity index (χ1) is 12.1. The van der Waals surface area contributed by atoms with E-state index in [2.05, 4.69) is 9.88 Å². The molecule has 25 heavy (non-hydrogen) atoms. The van der Waals surface area contributed by atoms with Gasteiger partial charge in [0.1, 0.15) is 11.9 Å². The van der Waals surface area contributed by atoms with Crippen molar-refractivity contribution in [2.75, 3.05) is 45.2 Å². The molecule has 132 valence electrons. The van der Waals surface area contributed by atoms with Gasteiger partial charge in [0, 0.05) is 32.4 Å². The Morgan fingerprint density at radius 2 is 1.80 bits per heavy atom. The van der Waals surface area contributed by atoms with Gasteiger partial charge in [-0.1, -0.05) is 12.1 Å². The number of pyridine rings is 1. The first-order valence-corrected chi connectivity index (χ1v) is 8.42. The average Bonchev–Trinajstić information content (AvgIpc) is 2.64. The third kappa shape index (κ3) is 3.96. The first-order valence-electron chi connectivity index (χ1n) is 8.42. The van der Waals surface area contributed by atoms with Crippen molar-refractivity contribution in [2.45, 2.75) is 6.04 Å². The van der Waals surface area contributed by atoms with Crippen LogP contribution < -0.4 is 4.90 Å². The first kappa shape index (κ1) is 17.4. The van der Waals surface area contributed by atoms with Gasteiger partial charge in [-0.2, -0.15) is 0 Å². The van der Waals surface area contributed by atoms with Gasteiger partial charge in [0.05, 0.1) is 11.9 Å². The zero-order chi connectivity index (χ0) is 17.8. The standard InChI is InChI=1S/C19H23FN4O/c1-22(2)18(15-5-7-16(20)8-6-15)19(25)24-12-10-23(11-13-24)17-4-3-9-21-14-17/h3-9,14,18H,10-13H2,1-2H3/t18-/m0/s1. The molecule has 2 aromatic rings. The van der Waals surface area contributed by atoms with E-state index in [1.165, 1.54) is 12.1 Å². The summed E-state index contributed by atoms with van der Waals surface area (Å²) >= 11 is 0. The van der Waals surface area contributed by atoms with Crippen LogP contribution >= 0.6 is 0 Å². The number of benzene rings is 1. The smallest absolute Gasteiger partial charge is 0.244 e. The number of carbonyl (C=O) groups excluding carboxylic acids is 1. The topological polar surface area (TPSA) is 39.7 Å². The Morgan fingerprint density at radius 3 is 2.36 bits per heavy atom. The molecule has 1 aliphatic rings. The van der Waals surface area contributed by atoms with Crippen LogP contribution in [0.15, 0.2) is 48.8 Å². The quantitative estimate of drug-likeness (QED) is 0.854. The van der Waals surface area contributed by atoms with Crippen LogP contribution in [0.25, 0.3) is 0 Å². The molecular weight excluding hydrogens is 319 g/mol. The molecule has 5 nitrogen and oxygen atoms in total. The maximum absolute atomic E-state index is 13.2. The van der Waals surface area contributed by atoms with Crippen molar-refractivity contribution >= 4 is 11.6 Å². The van der Waals surface area contributed by atoms with Crippen molar-refractivity contribution < 1.29 is 9.18 Å². The summed E-state index contributed by atoms with van der Waals surface area (Å²) in [7, 11) is 3.75. The molecule has 1 amide bonds. The van der Waals surface area contributed by atoms with E-state index < -0.39 is 6.04 Å². The number of halogens is 1. The number of anilines is 1. The van der Waals surface area contributed by atoms with Crippen LogP contribution in [-0.4, -0.2) is 61.0 Å². The summed E-state index contributed by atoms with van der Waals surface area (Å²) in [6, 6.07) is 9.73. The fourth-order valence-electron chi connectivity index (χ4n) is 3.21. The lowest BCUT2D eigenvalue weighted by Gasteiger charge is -2.38. The van der Waals surface area contributed by atoms with E-state index in [0.717, 1.165) is 24.3 Å². The Bertz CT molecular complexity index is 697. The normalized spacial score (nSPS) is 16.2. The van der Waals surface area contributed by atoms with Crippen molar-refractivity contribution in [1.29, 1.82) is 0 Å². The van der Waals surface area contributed by atoms with Crippen LogP contribution in [0.5, 0.6) is 0 Å². The van der Waals surface area contributed by atoms with Crippen LogP contribution in [0, 0.1) is 5.82 Å². The zero-order valence-electron chi connectivity index (χ0n) is 14.6. The maximum atomic E-state index is 13.2. The van der Waals surface area contributed by atoms with Crippen LogP contribution in [-0.2, 0) is 4.79 Å². The molecule has 1 atom stereocenters. The van der Waals surface area contributed by atoms with Crippen LogP contribution in [0.4, 0.5) is 10.1 Å². The molecule has 6 heteroatoms. The number of aromatic nitrogens is 1. The Morgan fingerprint density at radius 1 is 1.12 bits per heavy atom. The molecule has 0 spiro atoms. The molecule has 0 bridgehead atoms. The molecule has 0 unspecified atom stereocenters. The number of likely N-dealkylation sites (N-methyl/N-ethyl adjacent to an activating group) is 1. The fraction of sp³-hybridized carbons (Fsp3) is 0.368. The fourth-order valence-corrected chi connectivity index (χ4v) is 3.21. The number of carbonyl (C=O) groups is 1. The minimum atomic E-state index is -0.398. The van der Waals surface area contributed by atoms with Gasteiger partial charge in [0.2, 0.25) is 5.91 Å². The molecule has 3 rings (SSSR count). The summed E-state index contributed by atoms with van der Waals surface area (Å²) in [6.45, 7) is 2.89. The monoisotopic (exact) mass is 342 g/mol. The molecule has 0 saturated carbocycles. The van der Waals surface area contributed by atoms with E-state index in [-0.39, 0.29) is 11.7 Å². The molecule has 0 N–H and O–H groups in total. The maximum Gasteiger partial charge on any atom is 0.244 e. The molecule has 0 aliphatic carbocycles. The summed E-state index contributed by atoms with van der Waals surface area (Å²) in [4.78, 5) is 23.2. The molecule has 0 radical (unpaired) electrons. The van der Waals surface area contributed by atoms with E-state index in [0.29, 0.717) is 13.1 Å². The summed E-state index contributed by atoms with van der Waals surface area (Å²) in [5.74, 6) is -0.235. The van der Waals surface area contributed by atoms with Crippen LogP contribution in [0.1, 0.15) is 11.6 Å². The minimum Gasteiger partial charge on any atom is -0.367 e. The molecular formula is C19H23FN4O. The molecule has 1 aromatic carbocycles. The van der Waals surface area contributed by atoms with Crippen molar-refractivity contribution in [1.82, 2.24) is 14.8 Å². The third-order valence-corrected chi connectivity index (χ3v) is 4.54. The Kier molecular flexibility index (Phi) is 5.28. The second kappa shape index (κ2) is 7.61. The number of nitrogens with zero attached hydrogens (tertiary/aromatic N) is 4. The number of rotatable bonds is 4. The highest BCUT2D eigenvalue weighted by Gasteiger charge is 2.30. The summed E-state index contributed by atoms with van der Waals surface area (Å²) in [6.07, 6.45) is 3.60. The van der Waals surface area contributed by atoms with E-state index in [9.17, 15) is 9.18 Å². The molecule has 1 saturated heterocycles. The third-order valence-electron chi connectivity index (χ3n) is 4.54. The second-order valence-electron chi connectivity index (χ2n) is 6.44. The van der Waals surface area contributed by atoms with Gasteiger partial charge in [0.15, 0.2) is 0 Å². The summed E-state index contributed by atoms with van der Waals surface area (Å²) in [5, 5.41) is 0. The lowest BCUT2D eigenvalue weighted by molar-refractivity contribution is -0.136. The Balaban J connectivity index is 1.68. The highest BCUT2D eigenvalue weighted by atomic mass is 19.1. The molecule has 1 fully saturated rings.